The van der Waals surface area contributed by atoms with Crippen LogP contribution < -0.4 is 21.1 Å². The van der Waals surface area contributed by atoms with Gasteiger partial charge in [-0.2, -0.15) is 4.98 Å². The van der Waals surface area contributed by atoms with Crippen LogP contribution in [0.5, 0.6) is 0 Å². The molecule has 2 aromatic rings. The number of hydrogen-bond acceptors (Lipinski definition) is 8. The highest BCUT2D eigenvalue weighted by Gasteiger charge is 2.28. The summed E-state index contributed by atoms with van der Waals surface area (Å²) in [4.78, 5) is 30.4. The molecule has 2 aliphatic rings. The van der Waals surface area contributed by atoms with Gasteiger partial charge in [0.2, 0.25) is 5.95 Å². The number of hydrazine groups is 1. The Bertz CT molecular complexity index is 896. The zero-order valence-corrected chi connectivity index (χ0v) is 17.8. The smallest absolute Gasteiger partial charge is 0.288 e. The van der Waals surface area contributed by atoms with Crippen molar-refractivity contribution < 1.29 is 4.79 Å². The molecule has 3 heterocycles. The number of pyridine rings is 1. The molecule has 4 rings (SSSR count). The number of piperazine rings is 1. The van der Waals surface area contributed by atoms with Crippen molar-refractivity contribution in [3.8, 4) is 0 Å². The van der Waals surface area contributed by atoms with Crippen molar-refractivity contribution in [1.29, 1.82) is 0 Å². The van der Waals surface area contributed by atoms with Gasteiger partial charge in [-0.3, -0.25) is 15.2 Å². The Morgan fingerprint density at radius 1 is 1.20 bits per heavy atom. The molecule has 0 radical (unpaired) electrons. The summed E-state index contributed by atoms with van der Waals surface area (Å²) in [5, 5.41) is 2.08. The molecule has 0 bridgehead atoms. The van der Waals surface area contributed by atoms with Gasteiger partial charge in [-0.15, -0.1) is 0 Å². The molecule has 1 aliphatic carbocycles. The number of nitrogens with zero attached hydrogens (tertiary/aromatic N) is 6. The molecule has 0 spiro atoms. The van der Waals surface area contributed by atoms with E-state index in [2.05, 4.69) is 37.2 Å². The highest BCUT2D eigenvalue weighted by molar-refractivity contribution is 6.32. The number of amides is 1. The topological polar surface area (TPSA) is 104 Å². The summed E-state index contributed by atoms with van der Waals surface area (Å²) in [6.45, 7) is 3.72. The fourth-order valence-corrected chi connectivity index (χ4v) is 4.13. The monoisotopic (exact) mass is 430 g/mol. The fourth-order valence-electron chi connectivity index (χ4n) is 3.95. The minimum atomic E-state index is -0.300. The summed E-state index contributed by atoms with van der Waals surface area (Å²) in [6, 6.07) is 5.63. The largest absolute Gasteiger partial charge is 0.368 e. The maximum absolute atomic E-state index is 13.1. The first kappa shape index (κ1) is 20.6. The van der Waals surface area contributed by atoms with Gasteiger partial charge >= 0.3 is 0 Å². The van der Waals surface area contributed by atoms with E-state index in [1.807, 2.05) is 12.1 Å². The van der Waals surface area contributed by atoms with Crippen molar-refractivity contribution in [3.05, 3.63) is 35.1 Å². The van der Waals surface area contributed by atoms with Gasteiger partial charge in [0.05, 0.1) is 12.2 Å². The molecule has 0 atom stereocenters. The Kier molecular flexibility index (Phi) is 6.19. The van der Waals surface area contributed by atoms with E-state index in [0.29, 0.717) is 16.5 Å². The zero-order chi connectivity index (χ0) is 21.1. The van der Waals surface area contributed by atoms with E-state index in [-0.39, 0.29) is 17.9 Å². The molecule has 0 aromatic carbocycles. The Hall–Kier alpha value is -2.65. The summed E-state index contributed by atoms with van der Waals surface area (Å²) in [6.07, 6.45) is 5.52. The lowest BCUT2D eigenvalue weighted by Gasteiger charge is -2.33. The van der Waals surface area contributed by atoms with Crippen molar-refractivity contribution in [2.24, 2.45) is 0 Å². The second-order valence-corrected chi connectivity index (χ2v) is 8.23. The molecule has 2 aromatic heterocycles. The van der Waals surface area contributed by atoms with Gasteiger partial charge < -0.3 is 15.5 Å². The molecule has 1 aliphatic heterocycles. The normalized spacial score (nSPS) is 17.9. The van der Waals surface area contributed by atoms with Gasteiger partial charge in [-0.25, -0.2) is 9.97 Å². The van der Waals surface area contributed by atoms with Crippen LogP contribution in [0.3, 0.4) is 0 Å². The van der Waals surface area contributed by atoms with E-state index in [1.165, 1.54) is 6.20 Å². The standard InChI is InChI=1S/C20H27ClN8O/c1-27-9-11-28(12-10-27)17-8-4-7-16(24-17)19(30)26-29(14-5-2-3-6-14)18-15(21)13-23-20(22)25-18/h4,7-8,13-14H,2-3,5-6,9-12H2,1H3,(H,26,30)(H2,22,23,25). The van der Waals surface area contributed by atoms with Crippen molar-refractivity contribution in [2.45, 2.75) is 31.7 Å². The third-order valence-corrected chi connectivity index (χ3v) is 5.95. The van der Waals surface area contributed by atoms with Gasteiger partial charge in [0.15, 0.2) is 5.82 Å². The molecule has 9 nitrogen and oxygen atoms in total. The lowest BCUT2D eigenvalue weighted by Crippen LogP contribution is -2.49. The molecule has 1 saturated carbocycles. The summed E-state index contributed by atoms with van der Waals surface area (Å²) >= 11 is 6.34. The minimum Gasteiger partial charge on any atom is -0.368 e. The number of hydrogen-bond donors (Lipinski definition) is 2. The van der Waals surface area contributed by atoms with Gasteiger partial charge in [0.25, 0.3) is 5.91 Å². The van der Waals surface area contributed by atoms with E-state index < -0.39 is 0 Å². The highest BCUT2D eigenvalue weighted by Crippen LogP contribution is 2.30. The number of carbonyl (C=O) groups is 1. The van der Waals surface area contributed by atoms with Crippen LogP contribution in [0.15, 0.2) is 24.4 Å². The molecule has 1 saturated heterocycles. The van der Waals surface area contributed by atoms with E-state index in [4.69, 9.17) is 17.3 Å². The summed E-state index contributed by atoms with van der Waals surface area (Å²) in [5.74, 6) is 1.04. The number of rotatable bonds is 5. The SMILES string of the molecule is CN1CCN(c2cccc(C(=O)NN(c3nc(N)ncc3Cl)C3CCCC3)n2)CC1. The van der Waals surface area contributed by atoms with E-state index in [1.54, 1.807) is 11.1 Å². The molecule has 2 fully saturated rings. The minimum absolute atomic E-state index is 0.0987. The van der Waals surface area contributed by atoms with Crippen LogP contribution in [0, 0.1) is 0 Å². The lowest BCUT2D eigenvalue weighted by atomic mass is 10.2. The quantitative estimate of drug-likeness (QED) is 0.694. The number of nitrogens with two attached hydrogens (primary N) is 1. The van der Waals surface area contributed by atoms with Crippen molar-refractivity contribution in [1.82, 2.24) is 25.3 Å². The predicted molar refractivity (Wildman–Crippen MR) is 118 cm³/mol. The first-order valence-electron chi connectivity index (χ1n) is 10.3. The molecule has 160 valence electrons. The first-order valence-corrected chi connectivity index (χ1v) is 10.7. The predicted octanol–water partition coefficient (Wildman–Crippen LogP) is 1.95. The first-order chi connectivity index (χ1) is 14.5. The second kappa shape index (κ2) is 9.01. The van der Waals surface area contributed by atoms with Crippen LogP contribution in [0.4, 0.5) is 17.6 Å². The second-order valence-electron chi connectivity index (χ2n) is 7.82. The Morgan fingerprint density at radius 3 is 2.67 bits per heavy atom. The van der Waals surface area contributed by atoms with Crippen LogP contribution in [-0.2, 0) is 0 Å². The van der Waals surface area contributed by atoms with Crippen LogP contribution >= 0.6 is 11.6 Å². The maximum Gasteiger partial charge on any atom is 0.288 e. The molecule has 3 N–H and O–H groups in total. The van der Waals surface area contributed by atoms with Gasteiger partial charge in [0, 0.05) is 26.2 Å². The Labute approximate surface area is 181 Å². The number of likely N-dealkylation sites (N-methyl/N-ethyl adjacent to an activating group) is 1. The zero-order valence-electron chi connectivity index (χ0n) is 17.1. The summed E-state index contributed by atoms with van der Waals surface area (Å²) < 4.78 is 0. The fraction of sp³-hybridized carbons (Fsp3) is 0.500. The molecule has 30 heavy (non-hydrogen) atoms. The summed E-state index contributed by atoms with van der Waals surface area (Å²) in [5.41, 5.74) is 9.10. The average molecular weight is 431 g/mol. The van der Waals surface area contributed by atoms with Gasteiger partial charge in [0.1, 0.15) is 16.5 Å². The molecular formula is C20H27ClN8O. The average Bonchev–Trinajstić information content (AvgIpc) is 3.29. The van der Waals surface area contributed by atoms with Crippen molar-refractivity contribution in [3.63, 3.8) is 0 Å². The lowest BCUT2D eigenvalue weighted by molar-refractivity contribution is 0.0939. The molecule has 1 amide bonds. The van der Waals surface area contributed by atoms with E-state index >= 15 is 0 Å². The van der Waals surface area contributed by atoms with E-state index in [0.717, 1.165) is 57.7 Å². The number of aromatic nitrogens is 3. The third kappa shape index (κ3) is 4.57. The number of carbonyl (C=O) groups excluding carboxylic acids is 1. The van der Waals surface area contributed by atoms with Crippen molar-refractivity contribution >= 4 is 35.1 Å². The van der Waals surface area contributed by atoms with Crippen LogP contribution in [-0.4, -0.2) is 65.0 Å². The van der Waals surface area contributed by atoms with Crippen molar-refractivity contribution in [2.75, 3.05) is 48.9 Å². The van der Waals surface area contributed by atoms with Gasteiger partial charge in [-0.05, 0) is 32.0 Å². The van der Waals surface area contributed by atoms with Crippen LogP contribution in [0.1, 0.15) is 36.2 Å². The Balaban J connectivity index is 1.55. The number of nitrogen functional groups attached to an aromatic ring is 1. The van der Waals surface area contributed by atoms with Crippen LogP contribution in [0.2, 0.25) is 5.02 Å². The van der Waals surface area contributed by atoms with E-state index in [9.17, 15) is 4.79 Å². The van der Waals surface area contributed by atoms with Gasteiger partial charge in [-0.1, -0.05) is 30.5 Å². The maximum atomic E-state index is 13.1. The number of halogens is 1. The Morgan fingerprint density at radius 2 is 1.93 bits per heavy atom. The molecule has 0 unspecified atom stereocenters. The highest BCUT2D eigenvalue weighted by atomic mass is 35.5. The van der Waals surface area contributed by atoms with Crippen LogP contribution in [0.25, 0.3) is 0 Å². The molecule has 10 heteroatoms. The summed E-state index contributed by atoms with van der Waals surface area (Å²) in [7, 11) is 2.11. The number of anilines is 3. The number of nitrogens with one attached hydrogen (secondary N) is 1. The third-order valence-electron chi connectivity index (χ3n) is 5.68. The molecular weight excluding hydrogens is 404 g/mol.